The number of nitrogens with zero attached hydrogens (tertiary/aromatic N) is 2. The number of pyridine rings is 1. The second kappa shape index (κ2) is 14.0. The molecule has 2 N–H and O–H groups in total. The van der Waals surface area contributed by atoms with Crippen LogP contribution in [0, 0.1) is 23.3 Å². The van der Waals surface area contributed by atoms with Crippen molar-refractivity contribution in [1.29, 1.82) is 0 Å². The number of halogens is 5. The van der Waals surface area contributed by atoms with E-state index >= 15 is 0 Å². The molecule has 4 rings (SSSR count). The molecule has 0 radical (unpaired) electrons. The highest BCUT2D eigenvalue weighted by Crippen LogP contribution is 2.40. The van der Waals surface area contributed by atoms with E-state index in [1.54, 1.807) is 6.92 Å². The van der Waals surface area contributed by atoms with E-state index in [1.165, 1.54) is 56.8 Å². The van der Waals surface area contributed by atoms with E-state index in [1.807, 2.05) is 0 Å². The third kappa shape index (κ3) is 7.25. The van der Waals surface area contributed by atoms with Crippen LogP contribution >= 0.6 is 0 Å². The second-order valence-electron chi connectivity index (χ2n) is 7.83. The van der Waals surface area contributed by atoms with Crippen LogP contribution in [-0.2, 0) is 4.79 Å². The largest absolute Gasteiger partial charge is 0.497 e. The first-order valence-electron chi connectivity index (χ1n) is 11.2. The lowest BCUT2D eigenvalue weighted by Gasteiger charge is -2.24. The first-order valence-corrected chi connectivity index (χ1v) is 11.2. The number of hydrogen-bond acceptors (Lipinski definition) is 5. The Balaban J connectivity index is 0.000000302. The van der Waals surface area contributed by atoms with E-state index < -0.39 is 42.2 Å². The molecule has 1 aliphatic heterocycles. The molecule has 0 spiro atoms. The standard InChI is InChI=1S/C17H15F3N2O2.C8H8FNO.CH3FO/c1-9-11(16-13(19)6-10(24-2)7-14(16)20)8-15(23)22(9)17-12(18)4-3-5-21-17;1-10-8(11)6-2-4-7(9)5-3-6;2-1-3/h3-7,9,11H,8H2,1-2H3;2-5H,1H3,(H,10,11);3H,1H2. The third-order valence-corrected chi connectivity index (χ3v) is 5.61. The zero-order chi connectivity index (χ0) is 28.4. The van der Waals surface area contributed by atoms with Gasteiger partial charge in [0.2, 0.25) is 5.91 Å². The van der Waals surface area contributed by atoms with Gasteiger partial charge in [-0.2, -0.15) is 0 Å². The molecular formula is C26H26F5N3O4. The Morgan fingerprint density at radius 2 is 1.68 bits per heavy atom. The van der Waals surface area contributed by atoms with Crippen LogP contribution in [-0.4, -0.2) is 49.0 Å². The van der Waals surface area contributed by atoms with Crippen LogP contribution in [0.4, 0.5) is 27.8 Å². The average molecular weight is 540 g/mol. The quantitative estimate of drug-likeness (QED) is 0.477. The van der Waals surface area contributed by atoms with Gasteiger partial charge in [-0.15, -0.1) is 0 Å². The number of ether oxygens (including phenoxy) is 1. The van der Waals surface area contributed by atoms with Gasteiger partial charge in [0, 0.05) is 54.9 Å². The van der Waals surface area contributed by atoms with Crippen molar-refractivity contribution in [2.75, 3.05) is 25.9 Å². The summed E-state index contributed by atoms with van der Waals surface area (Å²) in [6.45, 7) is 0.368. The molecule has 12 heteroatoms. The third-order valence-electron chi connectivity index (χ3n) is 5.61. The predicted octanol–water partition coefficient (Wildman–Crippen LogP) is 4.51. The molecule has 0 saturated carbocycles. The van der Waals surface area contributed by atoms with E-state index in [9.17, 15) is 31.5 Å². The number of hydrogen-bond donors (Lipinski definition) is 2. The molecule has 2 heterocycles. The minimum absolute atomic E-state index is 0.0540. The minimum Gasteiger partial charge on any atom is -0.497 e. The Bertz CT molecular complexity index is 1220. The molecular weight excluding hydrogens is 513 g/mol. The van der Waals surface area contributed by atoms with Crippen molar-refractivity contribution in [2.24, 2.45) is 0 Å². The van der Waals surface area contributed by atoms with Crippen molar-refractivity contribution in [1.82, 2.24) is 10.3 Å². The molecule has 0 bridgehead atoms. The maximum Gasteiger partial charge on any atom is 0.251 e. The van der Waals surface area contributed by atoms with Crippen molar-refractivity contribution in [2.45, 2.75) is 25.3 Å². The van der Waals surface area contributed by atoms with Crippen LogP contribution < -0.4 is 15.0 Å². The van der Waals surface area contributed by atoms with Gasteiger partial charge in [0.1, 0.15) is 23.2 Å². The molecule has 3 aromatic rings. The zero-order valence-electron chi connectivity index (χ0n) is 20.7. The lowest BCUT2D eigenvalue weighted by molar-refractivity contribution is -0.117. The molecule has 1 fully saturated rings. The maximum absolute atomic E-state index is 14.3. The van der Waals surface area contributed by atoms with Gasteiger partial charge in [-0.05, 0) is 43.3 Å². The van der Waals surface area contributed by atoms with Gasteiger partial charge in [0.15, 0.2) is 18.5 Å². The minimum atomic E-state index is -1.25. The Labute approximate surface area is 215 Å². The highest BCUT2D eigenvalue weighted by Gasteiger charge is 2.42. The molecule has 0 aliphatic carbocycles. The topological polar surface area (TPSA) is 91.8 Å². The summed E-state index contributed by atoms with van der Waals surface area (Å²) in [6.07, 6.45) is 1.23. The van der Waals surface area contributed by atoms with Gasteiger partial charge in [-0.1, -0.05) is 0 Å². The van der Waals surface area contributed by atoms with Crippen LogP contribution in [0.3, 0.4) is 0 Å². The summed E-state index contributed by atoms with van der Waals surface area (Å²) < 4.78 is 69.6. The van der Waals surface area contributed by atoms with Crippen LogP contribution in [0.1, 0.15) is 35.2 Å². The second-order valence-corrected chi connectivity index (χ2v) is 7.83. The van der Waals surface area contributed by atoms with Crippen LogP contribution in [0.25, 0.3) is 0 Å². The smallest absolute Gasteiger partial charge is 0.251 e. The van der Waals surface area contributed by atoms with Gasteiger partial charge in [0.25, 0.3) is 5.91 Å². The maximum atomic E-state index is 14.3. The molecule has 1 saturated heterocycles. The summed E-state index contributed by atoms with van der Waals surface area (Å²) >= 11 is 0. The normalized spacial score (nSPS) is 16.1. The summed E-state index contributed by atoms with van der Waals surface area (Å²) in [5.41, 5.74) is 0.268. The van der Waals surface area contributed by atoms with Gasteiger partial charge < -0.3 is 15.2 Å². The summed E-state index contributed by atoms with van der Waals surface area (Å²) in [6, 6.07) is 9.48. The summed E-state index contributed by atoms with van der Waals surface area (Å²) in [5.74, 6) is -4.04. The van der Waals surface area contributed by atoms with Crippen molar-refractivity contribution in [3.63, 3.8) is 0 Å². The molecule has 1 aliphatic rings. The number of anilines is 1. The van der Waals surface area contributed by atoms with E-state index in [4.69, 9.17) is 9.84 Å². The number of aromatic nitrogens is 1. The van der Waals surface area contributed by atoms with Crippen molar-refractivity contribution < 1.29 is 41.4 Å². The summed E-state index contributed by atoms with van der Waals surface area (Å²) in [5, 5.41) is 9.34. The highest BCUT2D eigenvalue weighted by molar-refractivity contribution is 5.96. The SMILES string of the molecule is CNC(=O)c1ccc(F)cc1.COc1cc(F)c(C2CC(=O)N(c3ncccc3F)C2C)c(F)c1.OCF. The molecule has 2 aromatic carbocycles. The first kappa shape index (κ1) is 30.2. The molecule has 38 heavy (non-hydrogen) atoms. The fourth-order valence-corrected chi connectivity index (χ4v) is 3.85. The monoisotopic (exact) mass is 539 g/mol. The molecule has 1 aromatic heterocycles. The van der Waals surface area contributed by atoms with Gasteiger partial charge in [-0.3, -0.25) is 14.5 Å². The first-order chi connectivity index (χ1) is 18.1. The van der Waals surface area contributed by atoms with Gasteiger partial charge in [0.05, 0.1) is 7.11 Å². The predicted molar refractivity (Wildman–Crippen MR) is 129 cm³/mol. The number of nitrogens with one attached hydrogen (secondary N) is 1. The summed E-state index contributed by atoms with van der Waals surface area (Å²) in [4.78, 5) is 28.2. The number of rotatable bonds is 4. The Kier molecular flexibility index (Phi) is 11.1. The summed E-state index contributed by atoms with van der Waals surface area (Å²) in [7, 11) is 2.84. The van der Waals surface area contributed by atoms with Crippen LogP contribution in [0.5, 0.6) is 5.75 Å². The van der Waals surface area contributed by atoms with Crippen molar-refractivity contribution in [3.8, 4) is 5.75 Å². The number of aliphatic hydroxyl groups is 1. The molecule has 7 nitrogen and oxygen atoms in total. The number of methoxy groups -OCH3 is 1. The Hall–Kier alpha value is -4.06. The van der Waals surface area contributed by atoms with Crippen LogP contribution in [0.15, 0.2) is 54.7 Å². The van der Waals surface area contributed by atoms with Crippen molar-refractivity contribution in [3.05, 3.63) is 89.1 Å². The average Bonchev–Trinajstić information content (AvgIpc) is 3.17. The number of carbonyl (C=O) groups is 2. The van der Waals surface area contributed by atoms with E-state index in [0.29, 0.717) is 5.56 Å². The number of amides is 2. The van der Waals surface area contributed by atoms with Gasteiger partial charge in [-0.25, -0.2) is 26.9 Å². The fourth-order valence-electron chi connectivity index (χ4n) is 3.85. The molecule has 2 atom stereocenters. The number of benzene rings is 2. The molecule has 2 amide bonds. The van der Waals surface area contributed by atoms with E-state index in [0.717, 1.165) is 17.0 Å². The number of carbonyl (C=O) groups excluding carboxylic acids is 2. The van der Waals surface area contributed by atoms with Crippen molar-refractivity contribution >= 4 is 17.6 Å². The number of aliphatic hydroxyl groups excluding tert-OH is 1. The lowest BCUT2D eigenvalue weighted by Crippen LogP contribution is -2.34. The molecule has 204 valence electrons. The molecule has 2 unspecified atom stereocenters. The Morgan fingerprint density at radius 1 is 1.11 bits per heavy atom. The zero-order valence-corrected chi connectivity index (χ0v) is 20.7. The lowest BCUT2D eigenvalue weighted by atomic mass is 9.91. The fraction of sp³-hybridized carbons (Fsp3) is 0.269. The highest BCUT2D eigenvalue weighted by atomic mass is 19.1. The van der Waals surface area contributed by atoms with Gasteiger partial charge >= 0.3 is 0 Å². The Morgan fingerprint density at radius 3 is 2.18 bits per heavy atom. The van der Waals surface area contributed by atoms with E-state index in [-0.39, 0.29) is 35.3 Å². The van der Waals surface area contributed by atoms with Crippen LogP contribution in [0.2, 0.25) is 0 Å². The number of alkyl halides is 1. The van der Waals surface area contributed by atoms with E-state index in [2.05, 4.69) is 10.3 Å².